The molecule has 2 aromatic heterocycles. The van der Waals surface area contributed by atoms with Crippen LogP contribution in [0.5, 0.6) is 5.75 Å². The van der Waals surface area contributed by atoms with Crippen molar-refractivity contribution < 1.29 is 14.2 Å². The number of anilines is 3. The van der Waals surface area contributed by atoms with Gasteiger partial charge in [-0.05, 0) is 87.1 Å². The van der Waals surface area contributed by atoms with Gasteiger partial charge in [-0.15, -0.1) is 0 Å². The Morgan fingerprint density at radius 3 is 2.38 bits per heavy atom. The predicted octanol–water partition coefficient (Wildman–Crippen LogP) is 8.04. The molecule has 0 saturated carbocycles. The summed E-state index contributed by atoms with van der Waals surface area (Å²) in [4.78, 5) is 12.3. The van der Waals surface area contributed by atoms with Crippen LogP contribution in [0.4, 0.5) is 21.7 Å². The summed E-state index contributed by atoms with van der Waals surface area (Å²) in [5.41, 5.74) is 8.13. The van der Waals surface area contributed by atoms with E-state index in [1.807, 2.05) is 55.5 Å². The van der Waals surface area contributed by atoms with Gasteiger partial charge in [0.2, 0.25) is 5.95 Å². The van der Waals surface area contributed by atoms with Gasteiger partial charge < -0.3 is 15.2 Å². The third-order valence-electron chi connectivity index (χ3n) is 6.14. The lowest BCUT2D eigenvalue weighted by Crippen LogP contribution is -2.11. The quantitative estimate of drug-likeness (QED) is 0.123. The highest BCUT2D eigenvalue weighted by molar-refractivity contribution is 5.79. The van der Waals surface area contributed by atoms with E-state index in [0.717, 1.165) is 53.3 Å². The first kappa shape index (κ1) is 32.1. The van der Waals surface area contributed by atoms with Crippen molar-refractivity contribution in [2.45, 2.75) is 60.5 Å². The van der Waals surface area contributed by atoms with Gasteiger partial charge in [0.05, 0.1) is 41.3 Å². The van der Waals surface area contributed by atoms with Crippen molar-refractivity contribution in [2.75, 3.05) is 17.3 Å². The van der Waals surface area contributed by atoms with E-state index in [9.17, 15) is 9.50 Å². The second kappa shape index (κ2) is 16.2. The van der Waals surface area contributed by atoms with Crippen LogP contribution in [0.2, 0.25) is 0 Å². The molecule has 42 heavy (non-hydrogen) atoms. The van der Waals surface area contributed by atoms with Crippen LogP contribution in [0.15, 0.2) is 72.0 Å². The Morgan fingerprint density at radius 1 is 0.976 bits per heavy atom. The summed E-state index contributed by atoms with van der Waals surface area (Å²) in [5, 5.41) is 17.1. The summed E-state index contributed by atoms with van der Waals surface area (Å²) in [7, 11) is 0. The fourth-order valence-electron chi connectivity index (χ4n) is 4.08. The molecule has 0 aliphatic carbocycles. The van der Waals surface area contributed by atoms with Gasteiger partial charge in [-0.1, -0.05) is 45.0 Å². The summed E-state index contributed by atoms with van der Waals surface area (Å²) in [5.74, 6) is 0.746. The summed E-state index contributed by atoms with van der Waals surface area (Å²) in [6.45, 7) is 13.1. The van der Waals surface area contributed by atoms with E-state index in [-0.39, 0.29) is 17.4 Å². The molecule has 4 rings (SSSR count). The van der Waals surface area contributed by atoms with Crippen molar-refractivity contribution in [3.63, 3.8) is 0 Å². The maximum absolute atomic E-state index is 13.2. The van der Waals surface area contributed by atoms with E-state index in [1.165, 1.54) is 6.42 Å². The number of hydrogen-bond donors (Lipinski definition) is 3. The highest BCUT2D eigenvalue weighted by Crippen LogP contribution is 2.26. The maximum atomic E-state index is 13.2. The summed E-state index contributed by atoms with van der Waals surface area (Å²) < 4.78 is 18.7. The van der Waals surface area contributed by atoms with Gasteiger partial charge in [-0.2, -0.15) is 5.10 Å². The first-order valence-corrected chi connectivity index (χ1v) is 14.2. The fraction of sp³-hybridized carbons (Fsp3) is 0.333. The minimum Gasteiger partial charge on any atom is -0.508 e. The average Bonchev–Trinajstić information content (AvgIpc) is 2.95. The number of hydrogen-bond acceptors (Lipinski definition) is 8. The van der Waals surface area contributed by atoms with Gasteiger partial charge in [0.25, 0.3) is 0 Å². The molecule has 0 fully saturated rings. The third kappa shape index (κ3) is 10.6. The third-order valence-corrected chi connectivity index (χ3v) is 6.14. The number of benzene rings is 2. The largest absolute Gasteiger partial charge is 0.508 e. The van der Waals surface area contributed by atoms with Crippen LogP contribution >= 0.6 is 0 Å². The number of halogens is 1. The molecule has 1 atom stereocenters. The molecular formula is C33H41FN6O2. The standard InChI is InChI=1S/C24H21FN6O.C9H20O/c1-15-22(25)14-26-24(29-15)31-27-13-20-10-11-23(16(2)28-20)30-19-8-6-17(7-9-19)18-4-3-5-21(32)12-18;1-5-6-10-9(4)7-8(2)3/h3-14,30,32H,1-2H3,(H,26,29,31);8-9H,5-7H2,1-4H3/b27-13+;. The molecule has 0 radical (unpaired) electrons. The molecule has 0 bridgehead atoms. The summed E-state index contributed by atoms with van der Waals surface area (Å²) in [6.07, 6.45) is 5.39. The molecule has 3 N–H and O–H groups in total. The Balaban J connectivity index is 0.000000416. The van der Waals surface area contributed by atoms with Crippen molar-refractivity contribution in [1.82, 2.24) is 15.0 Å². The van der Waals surface area contributed by atoms with Gasteiger partial charge in [-0.25, -0.2) is 24.8 Å². The van der Waals surface area contributed by atoms with Crippen molar-refractivity contribution in [1.29, 1.82) is 0 Å². The Kier molecular flexibility index (Phi) is 12.4. The zero-order chi connectivity index (χ0) is 30.5. The number of aryl methyl sites for hydroxylation is 2. The van der Waals surface area contributed by atoms with Crippen molar-refractivity contribution in [3.05, 3.63) is 89.8 Å². The topological polar surface area (TPSA) is 105 Å². The molecule has 0 aliphatic heterocycles. The molecule has 1 unspecified atom stereocenters. The normalized spacial score (nSPS) is 11.7. The SMILES string of the molecule is CCCOC(C)CC(C)C.Cc1nc(N/N=C/c2ccc(Nc3ccc(-c4cccc(O)c4)cc3)c(C)n2)ncc1F. The van der Waals surface area contributed by atoms with E-state index in [2.05, 4.69) is 58.5 Å². The molecule has 8 nitrogen and oxygen atoms in total. The average molecular weight is 573 g/mol. The second-order valence-electron chi connectivity index (χ2n) is 10.4. The van der Waals surface area contributed by atoms with Crippen LogP contribution in [0.3, 0.4) is 0 Å². The second-order valence-corrected chi connectivity index (χ2v) is 10.4. The summed E-state index contributed by atoms with van der Waals surface area (Å²) >= 11 is 0. The van der Waals surface area contributed by atoms with Crippen molar-refractivity contribution >= 4 is 23.5 Å². The van der Waals surface area contributed by atoms with E-state index in [1.54, 1.807) is 25.3 Å². The Bertz CT molecular complexity index is 1440. The van der Waals surface area contributed by atoms with Gasteiger partial charge in [0, 0.05) is 12.3 Å². The van der Waals surface area contributed by atoms with Crippen LogP contribution in [0, 0.1) is 25.6 Å². The van der Waals surface area contributed by atoms with Crippen LogP contribution in [0.1, 0.15) is 57.6 Å². The van der Waals surface area contributed by atoms with E-state index in [4.69, 9.17) is 4.74 Å². The van der Waals surface area contributed by atoms with Gasteiger partial charge >= 0.3 is 0 Å². The summed E-state index contributed by atoms with van der Waals surface area (Å²) in [6, 6.07) is 18.8. The molecule has 0 aliphatic rings. The lowest BCUT2D eigenvalue weighted by atomic mass is 10.1. The molecule has 4 aromatic rings. The Morgan fingerprint density at radius 2 is 1.74 bits per heavy atom. The lowest BCUT2D eigenvalue weighted by Gasteiger charge is -2.13. The number of nitrogens with zero attached hydrogens (tertiary/aromatic N) is 4. The van der Waals surface area contributed by atoms with Crippen LogP contribution in [-0.2, 0) is 4.74 Å². The van der Waals surface area contributed by atoms with Crippen LogP contribution in [-0.4, -0.2) is 39.0 Å². The van der Waals surface area contributed by atoms with Crippen LogP contribution in [0.25, 0.3) is 11.1 Å². The van der Waals surface area contributed by atoms with Crippen LogP contribution < -0.4 is 10.7 Å². The number of phenols is 1. The zero-order valence-corrected chi connectivity index (χ0v) is 25.2. The first-order valence-electron chi connectivity index (χ1n) is 14.2. The molecule has 2 heterocycles. The molecule has 222 valence electrons. The number of pyridine rings is 1. The number of aromatic nitrogens is 3. The molecule has 0 amide bonds. The van der Waals surface area contributed by atoms with Gasteiger partial charge in [-0.3, -0.25) is 0 Å². The predicted molar refractivity (Wildman–Crippen MR) is 169 cm³/mol. The molecular weight excluding hydrogens is 531 g/mol. The highest BCUT2D eigenvalue weighted by atomic mass is 19.1. The smallest absolute Gasteiger partial charge is 0.243 e. The number of aromatic hydroxyl groups is 1. The van der Waals surface area contributed by atoms with E-state index < -0.39 is 5.82 Å². The highest BCUT2D eigenvalue weighted by Gasteiger charge is 2.05. The first-order chi connectivity index (χ1) is 20.1. The fourth-order valence-corrected chi connectivity index (χ4v) is 4.08. The monoisotopic (exact) mass is 572 g/mol. The van der Waals surface area contributed by atoms with Crippen molar-refractivity contribution in [2.24, 2.45) is 11.0 Å². The number of ether oxygens (including phenoxy) is 1. The van der Waals surface area contributed by atoms with E-state index >= 15 is 0 Å². The molecule has 2 aromatic carbocycles. The number of hydrazone groups is 1. The Hall–Kier alpha value is -4.37. The molecule has 0 saturated heterocycles. The number of rotatable bonds is 11. The maximum Gasteiger partial charge on any atom is 0.243 e. The molecule has 0 spiro atoms. The van der Waals surface area contributed by atoms with Crippen molar-refractivity contribution in [3.8, 4) is 16.9 Å². The number of phenolic OH excluding ortho intramolecular Hbond substituents is 1. The zero-order valence-electron chi connectivity index (χ0n) is 25.2. The number of nitrogens with one attached hydrogen (secondary N) is 2. The van der Waals surface area contributed by atoms with E-state index in [0.29, 0.717) is 11.8 Å². The lowest BCUT2D eigenvalue weighted by molar-refractivity contribution is 0.0525. The minimum atomic E-state index is -0.464. The van der Waals surface area contributed by atoms with Gasteiger partial charge in [0.15, 0.2) is 5.82 Å². The minimum absolute atomic E-state index is 0.212. The molecule has 9 heteroatoms. The Labute approximate surface area is 248 Å². The van der Waals surface area contributed by atoms with Gasteiger partial charge in [0.1, 0.15) is 5.75 Å².